The number of aliphatic carboxylic acids is 1. The quantitative estimate of drug-likeness (QED) is 0.504. The Balaban J connectivity index is 1.44. The Morgan fingerprint density at radius 1 is 1.03 bits per heavy atom. The molecule has 2 amide bonds. The predicted octanol–water partition coefficient (Wildman–Crippen LogP) is 4.94. The molecular weight excluding hydrogens is 444 g/mol. The van der Waals surface area contributed by atoms with E-state index in [1.54, 1.807) is 0 Å². The van der Waals surface area contributed by atoms with Gasteiger partial charge in [0.05, 0.1) is 0 Å². The molecule has 1 saturated carbocycles. The van der Waals surface area contributed by atoms with Crippen LogP contribution in [0, 0.1) is 0 Å². The first-order chi connectivity index (χ1) is 17.0. The van der Waals surface area contributed by atoms with Crippen molar-refractivity contribution in [1.82, 2.24) is 10.2 Å². The summed E-state index contributed by atoms with van der Waals surface area (Å²) in [5.74, 6) is -1.44. The zero-order valence-corrected chi connectivity index (χ0v) is 20.2. The van der Waals surface area contributed by atoms with Crippen LogP contribution in [0.25, 0.3) is 11.1 Å². The lowest BCUT2D eigenvalue weighted by molar-refractivity contribution is -0.147. The maximum absolute atomic E-state index is 13.4. The molecule has 0 bridgehead atoms. The normalized spacial score (nSPS) is 15.8. The van der Waals surface area contributed by atoms with E-state index in [4.69, 9.17) is 4.74 Å². The van der Waals surface area contributed by atoms with Crippen molar-refractivity contribution in [2.45, 2.75) is 69.9 Å². The van der Waals surface area contributed by atoms with Crippen molar-refractivity contribution in [2.24, 2.45) is 0 Å². The van der Waals surface area contributed by atoms with Gasteiger partial charge in [0.25, 0.3) is 0 Å². The molecule has 7 heteroatoms. The highest BCUT2D eigenvalue weighted by Crippen LogP contribution is 2.44. The molecule has 0 radical (unpaired) electrons. The molecule has 0 aromatic heterocycles. The molecule has 0 saturated heterocycles. The Morgan fingerprint density at radius 3 is 2.20 bits per heavy atom. The number of carbonyl (C=O) groups is 3. The molecule has 2 N–H and O–H groups in total. The van der Waals surface area contributed by atoms with Gasteiger partial charge in [-0.1, -0.05) is 81.1 Å². The average Bonchev–Trinajstić information content (AvgIpc) is 3.50. The fourth-order valence-corrected chi connectivity index (χ4v) is 5.40. The number of alkyl carbamates (subject to hydrolysis) is 1. The smallest absolute Gasteiger partial charge is 0.407 e. The lowest BCUT2D eigenvalue weighted by atomic mass is 9.98. The highest BCUT2D eigenvalue weighted by atomic mass is 16.5. The van der Waals surface area contributed by atoms with Crippen LogP contribution < -0.4 is 5.32 Å². The van der Waals surface area contributed by atoms with E-state index in [9.17, 15) is 19.5 Å². The largest absolute Gasteiger partial charge is 0.480 e. The number of nitrogens with one attached hydrogen (secondary N) is 1. The minimum absolute atomic E-state index is 0.0695. The van der Waals surface area contributed by atoms with Crippen molar-refractivity contribution in [3.63, 3.8) is 0 Å². The Bertz CT molecular complexity index is 1020. The van der Waals surface area contributed by atoms with E-state index in [0.29, 0.717) is 6.42 Å². The molecule has 0 aliphatic heterocycles. The Hall–Kier alpha value is -3.35. The molecule has 186 valence electrons. The molecule has 2 aromatic carbocycles. The van der Waals surface area contributed by atoms with Gasteiger partial charge in [-0.3, -0.25) is 9.59 Å². The van der Waals surface area contributed by atoms with E-state index in [0.717, 1.165) is 60.8 Å². The van der Waals surface area contributed by atoms with E-state index in [1.165, 1.54) is 4.90 Å². The number of hydrogen-bond donors (Lipinski definition) is 2. The number of amides is 2. The Labute approximate surface area is 206 Å². The van der Waals surface area contributed by atoms with Crippen LogP contribution in [0.2, 0.25) is 0 Å². The van der Waals surface area contributed by atoms with Crippen molar-refractivity contribution in [1.29, 1.82) is 0 Å². The highest BCUT2D eigenvalue weighted by Gasteiger charge is 2.34. The van der Waals surface area contributed by atoms with E-state index in [2.05, 4.69) is 29.6 Å². The number of nitrogens with zero attached hydrogens (tertiary/aromatic N) is 1. The van der Waals surface area contributed by atoms with Gasteiger partial charge in [0.2, 0.25) is 5.91 Å². The van der Waals surface area contributed by atoms with Crippen LogP contribution in [0.15, 0.2) is 48.5 Å². The number of ether oxygens (including phenoxy) is 1. The first-order valence-electron chi connectivity index (χ1n) is 12.6. The maximum Gasteiger partial charge on any atom is 0.407 e. The number of benzene rings is 2. The molecule has 2 aliphatic rings. The number of carbonyl (C=O) groups excluding carboxylic acids is 2. The third kappa shape index (κ3) is 5.66. The summed E-state index contributed by atoms with van der Waals surface area (Å²) in [6.45, 7) is 1.83. The third-order valence-corrected chi connectivity index (χ3v) is 7.13. The number of hydrogen-bond acceptors (Lipinski definition) is 4. The monoisotopic (exact) mass is 478 g/mol. The lowest BCUT2D eigenvalue weighted by Crippen LogP contribution is -2.53. The van der Waals surface area contributed by atoms with E-state index in [1.807, 2.05) is 31.2 Å². The summed E-state index contributed by atoms with van der Waals surface area (Å²) in [6, 6.07) is 15.3. The lowest BCUT2D eigenvalue weighted by Gasteiger charge is -2.31. The number of unbranched alkanes of at least 4 members (excludes halogenated alkanes) is 1. The SMILES string of the molecule is CCCC[C@H](NC(=O)OCC1c2ccccc2-c2ccccc21)C(=O)N(CC(=O)O)C1CCCC1. The molecule has 1 atom stereocenters. The number of carboxylic acids is 1. The maximum atomic E-state index is 13.4. The third-order valence-electron chi connectivity index (χ3n) is 7.13. The van der Waals surface area contributed by atoms with Crippen LogP contribution in [0.5, 0.6) is 0 Å². The molecule has 35 heavy (non-hydrogen) atoms. The summed E-state index contributed by atoms with van der Waals surface area (Å²) in [4.78, 5) is 39.2. The molecule has 1 fully saturated rings. The first-order valence-corrected chi connectivity index (χ1v) is 12.6. The van der Waals surface area contributed by atoms with Gasteiger partial charge in [-0.05, 0) is 41.5 Å². The van der Waals surface area contributed by atoms with Crippen LogP contribution in [-0.4, -0.2) is 53.2 Å². The minimum Gasteiger partial charge on any atom is -0.480 e. The van der Waals surface area contributed by atoms with Crippen molar-refractivity contribution in [3.05, 3.63) is 59.7 Å². The Kier molecular flexibility index (Phi) is 8.06. The second kappa shape index (κ2) is 11.4. The average molecular weight is 479 g/mol. The van der Waals surface area contributed by atoms with Crippen molar-refractivity contribution in [3.8, 4) is 11.1 Å². The zero-order chi connectivity index (χ0) is 24.8. The van der Waals surface area contributed by atoms with E-state index >= 15 is 0 Å². The summed E-state index contributed by atoms with van der Waals surface area (Å²) in [5.41, 5.74) is 4.53. The van der Waals surface area contributed by atoms with Gasteiger partial charge in [0.15, 0.2) is 0 Å². The number of fused-ring (bicyclic) bond motifs is 3. The fourth-order valence-electron chi connectivity index (χ4n) is 5.40. The topological polar surface area (TPSA) is 95.9 Å². The van der Waals surface area contributed by atoms with Gasteiger partial charge >= 0.3 is 12.1 Å². The second-order valence-electron chi connectivity index (χ2n) is 9.46. The molecule has 4 rings (SSSR count). The summed E-state index contributed by atoms with van der Waals surface area (Å²) in [5, 5.41) is 12.1. The number of carboxylic acid groups (broad SMARTS) is 1. The molecule has 0 heterocycles. The van der Waals surface area contributed by atoms with Gasteiger partial charge in [-0.15, -0.1) is 0 Å². The summed E-state index contributed by atoms with van der Waals surface area (Å²) in [7, 11) is 0. The van der Waals surface area contributed by atoms with Crippen molar-refractivity contribution in [2.75, 3.05) is 13.2 Å². The van der Waals surface area contributed by atoms with Crippen LogP contribution in [-0.2, 0) is 14.3 Å². The van der Waals surface area contributed by atoms with Crippen molar-refractivity contribution < 1.29 is 24.2 Å². The summed E-state index contributed by atoms with van der Waals surface area (Å²) >= 11 is 0. The molecule has 7 nitrogen and oxygen atoms in total. The van der Waals surface area contributed by atoms with E-state index in [-0.39, 0.29) is 31.0 Å². The van der Waals surface area contributed by atoms with Gasteiger partial charge in [0.1, 0.15) is 19.2 Å². The second-order valence-corrected chi connectivity index (χ2v) is 9.46. The van der Waals surface area contributed by atoms with Crippen LogP contribution in [0.3, 0.4) is 0 Å². The van der Waals surface area contributed by atoms with Gasteiger partial charge in [0, 0.05) is 12.0 Å². The predicted molar refractivity (Wildman–Crippen MR) is 133 cm³/mol. The summed E-state index contributed by atoms with van der Waals surface area (Å²) < 4.78 is 5.65. The van der Waals surface area contributed by atoms with Gasteiger partial charge < -0.3 is 20.1 Å². The minimum atomic E-state index is -1.04. The molecule has 0 unspecified atom stereocenters. The van der Waals surface area contributed by atoms with Crippen LogP contribution >= 0.6 is 0 Å². The fraction of sp³-hybridized carbons (Fsp3) is 0.464. The van der Waals surface area contributed by atoms with E-state index < -0.39 is 18.1 Å². The molecular formula is C28H34N2O5. The standard InChI is InChI=1S/C28H34N2O5/c1-2-3-16-25(27(33)30(17-26(31)32)19-10-4-5-11-19)29-28(34)35-18-24-22-14-8-6-12-20(22)21-13-7-9-15-23(21)24/h6-9,12-15,19,24-25H,2-5,10-11,16-18H2,1H3,(H,29,34)(H,31,32)/t25-/m0/s1. The zero-order valence-electron chi connectivity index (χ0n) is 20.2. The van der Waals surface area contributed by atoms with Gasteiger partial charge in [-0.25, -0.2) is 4.79 Å². The van der Waals surface area contributed by atoms with Crippen LogP contribution in [0.4, 0.5) is 4.79 Å². The first kappa shape index (κ1) is 24.8. The molecule has 2 aliphatic carbocycles. The number of rotatable bonds is 10. The van der Waals surface area contributed by atoms with Gasteiger partial charge in [-0.2, -0.15) is 0 Å². The summed E-state index contributed by atoms with van der Waals surface area (Å²) in [6.07, 6.45) is 4.95. The molecule has 2 aromatic rings. The Morgan fingerprint density at radius 2 is 1.63 bits per heavy atom. The van der Waals surface area contributed by atoms with Crippen LogP contribution in [0.1, 0.15) is 68.9 Å². The van der Waals surface area contributed by atoms with Crippen molar-refractivity contribution >= 4 is 18.0 Å². The highest BCUT2D eigenvalue weighted by molar-refractivity contribution is 5.88. The molecule has 0 spiro atoms.